The second-order valence-corrected chi connectivity index (χ2v) is 4.35. The van der Waals surface area contributed by atoms with Crippen LogP contribution in [0, 0.1) is 0 Å². The molecule has 1 aromatic carbocycles. The second kappa shape index (κ2) is 5.64. The number of aryl methyl sites for hydroxylation is 1. The fourth-order valence-corrected chi connectivity index (χ4v) is 2.21. The molecule has 0 atom stereocenters. The van der Waals surface area contributed by atoms with Gasteiger partial charge in [-0.1, -0.05) is 18.2 Å². The van der Waals surface area contributed by atoms with Crippen LogP contribution in [0.1, 0.15) is 24.8 Å². The van der Waals surface area contributed by atoms with Crippen LogP contribution >= 0.6 is 0 Å². The van der Waals surface area contributed by atoms with Gasteiger partial charge in [0.15, 0.2) is 0 Å². The number of nitrogens with one attached hydrogen (secondary N) is 1. The third-order valence-corrected chi connectivity index (χ3v) is 3.14. The predicted octanol–water partition coefficient (Wildman–Crippen LogP) is 0.736. The van der Waals surface area contributed by atoms with E-state index in [-0.39, 0.29) is 11.8 Å². The normalized spacial score (nSPS) is 14.3. The lowest BCUT2D eigenvalue weighted by molar-refractivity contribution is -0.122. The first-order valence-corrected chi connectivity index (χ1v) is 6.10. The molecule has 3 N–H and O–H groups in total. The molecule has 0 radical (unpaired) electrons. The van der Waals surface area contributed by atoms with Gasteiger partial charge in [-0.2, -0.15) is 0 Å². The minimum Gasteiger partial charge on any atom is -0.312 e. The molecule has 5 nitrogen and oxygen atoms in total. The third-order valence-electron chi connectivity index (χ3n) is 3.14. The molecule has 0 spiro atoms. The number of hydrazine groups is 1. The van der Waals surface area contributed by atoms with Crippen LogP contribution in [-0.4, -0.2) is 18.4 Å². The van der Waals surface area contributed by atoms with Gasteiger partial charge in [-0.25, -0.2) is 5.84 Å². The molecule has 5 heteroatoms. The van der Waals surface area contributed by atoms with E-state index >= 15 is 0 Å². The van der Waals surface area contributed by atoms with Crippen molar-refractivity contribution < 1.29 is 9.59 Å². The van der Waals surface area contributed by atoms with Crippen LogP contribution in [0.25, 0.3) is 0 Å². The summed E-state index contributed by atoms with van der Waals surface area (Å²) in [6.45, 7) is 0.559. The maximum atomic E-state index is 11.9. The van der Waals surface area contributed by atoms with Crippen LogP contribution in [0.4, 0.5) is 5.69 Å². The number of carbonyl (C=O) groups is 2. The number of carbonyl (C=O) groups excluding carboxylic acids is 2. The largest absolute Gasteiger partial charge is 0.312 e. The second-order valence-electron chi connectivity index (χ2n) is 4.35. The minimum atomic E-state index is -0.201. The zero-order valence-corrected chi connectivity index (χ0v) is 10.2. The fourth-order valence-electron chi connectivity index (χ4n) is 2.21. The molecular weight excluding hydrogens is 230 g/mol. The maximum Gasteiger partial charge on any atom is 0.233 e. The van der Waals surface area contributed by atoms with Crippen LogP contribution in [0.15, 0.2) is 24.3 Å². The average Bonchev–Trinajstić information content (AvgIpc) is 2.41. The van der Waals surface area contributed by atoms with Crippen molar-refractivity contribution in [2.24, 2.45) is 5.84 Å². The molecule has 0 fully saturated rings. The summed E-state index contributed by atoms with van der Waals surface area (Å²) in [4.78, 5) is 24.7. The van der Waals surface area contributed by atoms with Crippen molar-refractivity contribution >= 4 is 17.5 Å². The number of anilines is 1. The van der Waals surface area contributed by atoms with E-state index in [0.717, 1.165) is 12.1 Å². The smallest absolute Gasteiger partial charge is 0.233 e. The van der Waals surface area contributed by atoms with Crippen molar-refractivity contribution in [3.8, 4) is 0 Å². The summed E-state index contributed by atoms with van der Waals surface area (Å²) in [6, 6.07) is 7.91. The van der Waals surface area contributed by atoms with Crippen molar-refractivity contribution in [3.05, 3.63) is 29.8 Å². The highest BCUT2D eigenvalue weighted by molar-refractivity contribution is 5.96. The van der Waals surface area contributed by atoms with Gasteiger partial charge in [-0.15, -0.1) is 0 Å². The number of para-hydroxylation sites is 1. The molecule has 1 aromatic rings. The third kappa shape index (κ3) is 2.68. The number of nitrogens with two attached hydrogens (primary N) is 1. The standard InChI is InChI=1S/C13H17N3O2/c14-15-12(17)6-3-9-16-11-5-2-1-4-10(11)7-8-13(16)18/h1-2,4-5H,3,6-9,14H2,(H,15,17). The lowest BCUT2D eigenvalue weighted by atomic mass is 10.0. The lowest BCUT2D eigenvalue weighted by Crippen LogP contribution is -2.37. The van der Waals surface area contributed by atoms with Crippen LogP contribution in [-0.2, 0) is 16.0 Å². The van der Waals surface area contributed by atoms with Gasteiger partial charge in [0.2, 0.25) is 11.8 Å². The Hall–Kier alpha value is -1.88. The highest BCUT2D eigenvalue weighted by Gasteiger charge is 2.23. The lowest BCUT2D eigenvalue weighted by Gasteiger charge is -2.29. The molecule has 0 aromatic heterocycles. The molecule has 0 unspecified atom stereocenters. The van der Waals surface area contributed by atoms with Gasteiger partial charge in [0.1, 0.15) is 0 Å². The maximum absolute atomic E-state index is 11.9. The molecular formula is C13H17N3O2. The van der Waals surface area contributed by atoms with Gasteiger partial charge < -0.3 is 4.90 Å². The van der Waals surface area contributed by atoms with Gasteiger partial charge in [0.25, 0.3) is 0 Å². The Morgan fingerprint density at radius 1 is 1.33 bits per heavy atom. The highest BCUT2D eigenvalue weighted by Crippen LogP contribution is 2.27. The molecule has 96 valence electrons. The van der Waals surface area contributed by atoms with Crippen molar-refractivity contribution in [1.82, 2.24) is 5.43 Å². The molecule has 0 aliphatic carbocycles. The molecule has 18 heavy (non-hydrogen) atoms. The van der Waals surface area contributed by atoms with Crippen LogP contribution < -0.4 is 16.2 Å². The summed E-state index contributed by atoms with van der Waals surface area (Å²) in [7, 11) is 0. The highest BCUT2D eigenvalue weighted by atomic mass is 16.2. The first-order valence-electron chi connectivity index (χ1n) is 6.10. The number of benzene rings is 1. The van der Waals surface area contributed by atoms with Crippen LogP contribution in [0.2, 0.25) is 0 Å². The Morgan fingerprint density at radius 2 is 2.11 bits per heavy atom. The molecule has 0 saturated heterocycles. The average molecular weight is 247 g/mol. The number of fused-ring (bicyclic) bond motifs is 1. The summed E-state index contributed by atoms with van der Waals surface area (Å²) in [5, 5.41) is 0. The van der Waals surface area contributed by atoms with E-state index in [2.05, 4.69) is 5.43 Å². The van der Waals surface area contributed by atoms with E-state index < -0.39 is 0 Å². The van der Waals surface area contributed by atoms with Crippen molar-refractivity contribution in [2.45, 2.75) is 25.7 Å². The summed E-state index contributed by atoms with van der Waals surface area (Å²) in [5.74, 6) is 4.94. The summed E-state index contributed by atoms with van der Waals surface area (Å²) >= 11 is 0. The molecule has 2 rings (SSSR count). The Morgan fingerprint density at radius 3 is 2.89 bits per heavy atom. The molecule has 0 bridgehead atoms. The Balaban J connectivity index is 2.03. The summed E-state index contributed by atoms with van der Waals surface area (Å²) in [6.07, 6.45) is 2.29. The van der Waals surface area contributed by atoms with Gasteiger partial charge in [0.05, 0.1) is 0 Å². The van der Waals surface area contributed by atoms with Gasteiger partial charge in [-0.05, 0) is 24.5 Å². The number of hydrogen-bond acceptors (Lipinski definition) is 3. The number of hydrogen-bond donors (Lipinski definition) is 2. The summed E-state index contributed by atoms with van der Waals surface area (Å²) in [5.41, 5.74) is 4.26. The van der Waals surface area contributed by atoms with Crippen molar-refractivity contribution in [1.29, 1.82) is 0 Å². The molecule has 1 aliphatic heterocycles. The van der Waals surface area contributed by atoms with Gasteiger partial charge in [-0.3, -0.25) is 15.0 Å². The van der Waals surface area contributed by atoms with E-state index in [0.29, 0.717) is 25.8 Å². The van der Waals surface area contributed by atoms with Crippen molar-refractivity contribution in [3.63, 3.8) is 0 Å². The SMILES string of the molecule is NNC(=O)CCCN1C(=O)CCc2ccccc21. The topological polar surface area (TPSA) is 75.4 Å². The Kier molecular flexibility index (Phi) is 3.94. The Bertz CT molecular complexity index is 459. The monoisotopic (exact) mass is 247 g/mol. The first kappa shape index (κ1) is 12.6. The fraction of sp³-hybridized carbons (Fsp3) is 0.385. The summed E-state index contributed by atoms with van der Waals surface area (Å²) < 4.78 is 0. The molecule has 2 amide bonds. The molecule has 1 heterocycles. The zero-order valence-electron chi connectivity index (χ0n) is 10.2. The van der Waals surface area contributed by atoms with Crippen LogP contribution in [0.3, 0.4) is 0 Å². The Labute approximate surface area is 106 Å². The van der Waals surface area contributed by atoms with Gasteiger partial charge >= 0.3 is 0 Å². The minimum absolute atomic E-state index is 0.127. The quantitative estimate of drug-likeness (QED) is 0.468. The zero-order chi connectivity index (χ0) is 13.0. The van der Waals surface area contributed by atoms with E-state index in [1.807, 2.05) is 24.3 Å². The van der Waals surface area contributed by atoms with E-state index in [9.17, 15) is 9.59 Å². The van der Waals surface area contributed by atoms with Crippen LogP contribution in [0.5, 0.6) is 0 Å². The molecule has 0 saturated carbocycles. The number of rotatable bonds is 4. The molecule has 1 aliphatic rings. The number of amides is 2. The van der Waals surface area contributed by atoms with E-state index in [4.69, 9.17) is 5.84 Å². The van der Waals surface area contributed by atoms with E-state index in [1.54, 1.807) is 4.90 Å². The first-order chi connectivity index (χ1) is 8.72. The number of nitrogens with zero attached hydrogens (tertiary/aromatic N) is 1. The predicted molar refractivity (Wildman–Crippen MR) is 68.7 cm³/mol. The van der Waals surface area contributed by atoms with E-state index in [1.165, 1.54) is 5.56 Å². The van der Waals surface area contributed by atoms with Gasteiger partial charge in [0, 0.05) is 25.1 Å². The van der Waals surface area contributed by atoms with Crippen molar-refractivity contribution in [2.75, 3.05) is 11.4 Å².